The summed E-state index contributed by atoms with van der Waals surface area (Å²) in [7, 11) is 0. The molecule has 0 spiro atoms. The largest absolute Gasteiger partial charge is 0.327 e. The Morgan fingerprint density at radius 1 is 1.24 bits per heavy atom. The lowest BCUT2D eigenvalue weighted by molar-refractivity contribution is -0.121. The molecule has 0 saturated heterocycles. The van der Waals surface area contributed by atoms with Crippen molar-refractivity contribution < 1.29 is 4.79 Å². The van der Waals surface area contributed by atoms with E-state index in [2.05, 4.69) is 28.7 Å². The lowest BCUT2D eigenvalue weighted by Crippen LogP contribution is -2.25. The molecule has 1 unspecified atom stereocenters. The second-order valence-corrected chi connectivity index (χ2v) is 4.75. The number of rotatable bonds is 1. The van der Waals surface area contributed by atoms with Crippen molar-refractivity contribution in [3.05, 3.63) is 34.9 Å². The predicted molar refractivity (Wildman–Crippen MR) is 65.7 cm³/mol. The highest BCUT2D eigenvalue weighted by Gasteiger charge is 2.20. The van der Waals surface area contributed by atoms with Gasteiger partial charge in [-0.05, 0) is 35.6 Å². The summed E-state index contributed by atoms with van der Waals surface area (Å²) in [6, 6.07) is 6.63. The molecule has 1 aromatic rings. The van der Waals surface area contributed by atoms with Crippen molar-refractivity contribution in [1.29, 1.82) is 0 Å². The maximum absolute atomic E-state index is 11.0. The van der Waals surface area contributed by atoms with Gasteiger partial charge in [0.05, 0.1) is 5.71 Å². The van der Waals surface area contributed by atoms with Crippen molar-refractivity contribution in [2.75, 3.05) is 0 Å². The molecule has 17 heavy (non-hydrogen) atoms. The number of nitrogens with two attached hydrogens (primary N) is 1. The van der Waals surface area contributed by atoms with E-state index < -0.39 is 0 Å². The second kappa shape index (κ2) is 3.96. The van der Waals surface area contributed by atoms with E-state index in [1.807, 2.05) is 0 Å². The number of carbonyl (C=O) groups excluding carboxylic acids is 1. The first-order valence-corrected chi connectivity index (χ1v) is 5.95. The van der Waals surface area contributed by atoms with Crippen molar-refractivity contribution in [2.45, 2.75) is 31.7 Å². The van der Waals surface area contributed by atoms with Gasteiger partial charge in [0.2, 0.25) is 5.91 Å². The SMILES string of the molecule is NC1Cc2ccc(C3=NNC(=O)CC3)cc2C1. The Hall–Kier alpha value is -1.68. The maximum Gasteiger partial charge on any atom is 0.240 e. The van der Waals surface area contributed by atoms with Crippen LogP contribution in [0.2, 0.25) is 0 Å². The summed E-state index contributed by atoms with van der Waals surface area (Å²) < 4.78 is 0. The third-order valence-electron chi connectivity index (χ3n) is 3.41. The van der Waals surface area contributed by atoms with Crippen LogP contribution in [-0.4, -0.2) is 17.7 Å². The van der Waals surface area contributed by atoms with E-state index in [1.54, 1.807) is 0 Å². The van der Waals surface area contributed by atoms with Crippen LogP contribution in [-0.2, 0) is 17.6 Å². The summed E-state index contributed by atoms with van der Waals surface area (Å²) in [5, 5.41) is 4.11. The van der Waals surface area contributed by atoms with Crippen molar-refractivity contribution >= 4 is 11.6 Å². The minimum Gasteiger partial charge on any atom is -0.327 e. The molecule has 1 aliphatic carbocycles. The molecule has 0 saturated carbocycles. The van der Waals surface area contributed by atoms with Crippen molar-refractivity contribution in [1.82, 2.24) is 5.43 Å². The molecular formula is C13H15N3O. The van der Waals surface area contributed by atoms with E-state index in [-0.39, 0.29) is 11.9 Å². The first kappa shape index (κ1) is 10.5. The van der Waals surface area contributed by atoms with E-state index in [4.69, 9.17) is 5.73 Å². The minimum atomic E-state index is -0.00284. The fraction of sp³-hybridized carbons (Fsp3) is 0.385. The fourth-order valence-corrected chi connectivity index (χ4v) is 2.51. The molecular weight excluding hydrogens is 214 g/mol. The highest BCUT2D eigenvalue weighted by molar-refractivity contribution is 6.04. The zero-order valence-electron chi connectivity index (χ0n) is 9.57. The molecule has 0 radical (unpaired) electrons. The van der Waals surface area contributed by atoms with Gasteiger partial charge in [0, 0.05) is 18.9 Å². The number of fused-ring (bicyclic) bond motifs is 1. The van der Waals surface area contributed by atoms with E-state index in [1.165, 1.54) is 11.1 Å². The molecule has 1 atom stereocenters. The van der Waals surface area contributed by atoms with Gasteiger partial charge in [0.25, 0.3) is 0 Å². The number of hydrogen-bond donors (Lipinski definition) is 2. The van der Waals surface area contributed by atoms with Crippen LogP contribution in [0, 0.1) is 0 Å². The average molecular weight is 229 g/mol. The average Bonchev–Trinajstić information content (AvgIpc) is 2.69. The van der Waals surface area contributed by atoms with E-state index in [0.717, 1.165) is 30.5 Å². The molecule has 0 bridgehead atoms. The van der Waals surface area contributed by atoms with Crippen molar-refractivity contribution in [3.63, 3.8) is 0 Å². The summed E-state index contributed by atoms with van der Waals surface area (Å²) in [6.45, 7) is 0. The van der Waals surface area contributed by atoms with Gasteiger partial charge < -0.3 is 5.73 Å². The molecule has 1 aliphatic heterocycles. The Morgan fingerprint density at radius 2 is 2.06 bits per heavy atom. The zero-order valence-corrected chi connectivity index (χ0v) is 9.57. The summed E-state index contributed by atoms with van der Waals surface area (Å²) >= 11 is 0. The van der Waals surface area contributed by atoms with Crippen LogP contribution in [0.5, 0.6) is 0 Å². The van der Waals surface area contributed by atoms with Crippen LogP contribution in [0.25, 0.3) is 0 Å². The molecule has 3 N–H and O–H groups in total. The Morgan fingerprint density at radius 3 is 2.82 bits per heavy atom. The molecule has 1 heterocycles. The summed E-state index contributed by atoms with van der Waals surface area (Å²) in [4.78, 5) is 11.0. The normalized spacial score (nSPS) is 23.0. The molecule has 3 rings (SSSR count). The quantitative estimate of drug-likeness (QED) is 0.745. The van der Waals surface area contributed by atoms with E-state index in [9.17, 15) is 4.79 Å². The summed E-state index contributed by atoms with van der Waals surface area (Å²) in [6.07, 6.45) is 3.16. The molecule has 4 nitrogen and oxygen atoms in total. The van der Waals surface area contributed by atoms with Crippen LogP contribution in [0.3, 0.4) is 0 Å². The predicted octanol–water partition coefficient (Wildman–Crippen LogP) is 0.727. The van der Waals surface area contributed by atoms with Gasteiger partial charge in [-0.3, -0.25) is 4.79 Å². The van der Waals surface area contributed by atoms with Gasteiger partial charge in [-0.15, -0.1) is 0 Å². The van der Waals surface area contributed by atoms with E-state index in [0.29, 0.717) is 6.42 Å². The number of hydrazone groups is 1. The maximum atomic E-state index is 11.0. The van der Waals surface area contributed by atoms with Crippen molar-refractivity contribution in [3.8, 4) is 0 Å². The topological polar surface area (TPSA) is 67.5 Å². The minimum absolute atomic E-state index is 0.00284. The number of nitrogens with one attached hydrogen (secondary N) is 1. The monoisotopic (exact) mass is 229 g/mol. The number of amides is 1. The number of hydrogen-bond acceptors (Lipinski definition) is 3. The summed E-state index contributed by atoms with van der Waals surface area (Å²) in [5.41, 5.74) is 13.2. The van der Waals surface area contributed by atoms with Crippen LogP contribution in [0.1, 0.15) is 29.5 Å². The lowest BCUT2D eigenvalue weighted by Gasteiger charge is -2.12. The van der Waals surface area contributed by atoms with Gasteiger partial charge in [0.1, 0.15) is 0 Å². The van der Waals surface area contributed by atoms with Crippen LogP contribution >= 0.6 is 0 Å². The van der Waals surface area contributed by atoms with Gasteiger partial charge >= 0.3 is 0 Å². The molecule has 1 aromatic carbocycles. The molecule has 2 aliphatic rings. The third kappa shape index (κ3) is 1.96. The van der Waals surface area contributed by atoms with Gasteiger partial charge in [-0.25, -0.2) is 5.43 Å². The molecule has 1 amide bonds. The fourth-order valence-electron chi connectivity index (χ4n) is 2.51. The smallest absolute Gasteiger partial charge is 0.240 e. The van der Waals surface area contributed by atoms with Crippen LogP contribution in [0.15, 0.2) is 23.3 Å². The van der Waals surface area contributed by atoms with Gasteiger partial charge in [-0.1, -0.05) is 12.1 Å². The summed E-state index contributed by atoms with van der Waals surface area (Å²) in [5.74, 6) is -0.00284. The Kier molecular flexibility index (Phi) is 2.44. The third-order valence-corrected chi connectivity index (χ3v) is 3.41. The molecule has 88 valence electrons. The Labute approximate surface area is 99.9 Å². The van der Waals surface area contributed by atoms with Gasteiger partial charge in [0.15, 0.2) is 0 Å². The van der Waals surface area contributed by atoms with Crippen LogP contribution in [0.4, 0.5) is 0 Å². The second-order valence-electron chi connectivity index (χ2n) is 4.75. The highest BCUT2D eigenvalue weighted by atomic mass is 16.2. The lowest BCUT2D eigenvalue weighted by atomic mass is 10.00. The van der Waals surface area contributed by atoms with Crippen LogP contribution < -0.4 is 11.2 Å². The van der Waals surface area contributed by atoms with Gasteiger partial charge in [-0.2, -0.15) is 5.10 Å². The first-order valence-electron chi connectivity index (χ1n) is 5.95. The van der Waals surface area contributed by atoms with Crippen molar-refractivity contribution in [2.24, 2.45) is 10.8 Å². The molecule has 4 heteroatoms. The number of nitrogens with zero attached hydrogens (tertiary/aromatic N) is 1. The van der Waals surface area contributed by atoms with E-state index >= 15 is 0 Å². The highest BCUT2D eigenvalue weighted by Crippen LogP contribution is 2.23. The molecule has 0 fully saturated rings. The molecule has 0 aromatic heterocycles. The zero-order chi connectivity index (χ0) is 11.8. The Bertz CT molecular complexity index is 507. The first-order chi connectivity index (χ1) is 8.22. The number of benzene rings is 1. The standard InChI is InChI=1S/C13H15N3O/c14-11-6-8-1-2-9(5-10(8)7-11)12-3-4-13(17)16-15-12/h1-2,5,11H,3-4,6-7,14H2,(H,16,17). The Balaban J connectivity index is 1.90. The number of carbonyl (C=O) groups is 1.